The van der Waals surface area contributed by atoms with Crippen molar-refractivity contribution < 1.29 is 9.59 Å². The standard InChI is InChI=1S/C22H19ClN2O2S2/c23-17-11-13-18(14-12-17)24-20(26)10-5-15-25-21(27)19(29-22(25)28)9-4-8-16-6-2-1-3-7-16/h1-4,6-9,11-14H,5,10,15H2,(H,24,26)/b8-4+,19-9-. The van der Waals surface area contributed by atoms with Gasteiger partial charge in [-0.1, -0.05) is 78.1 Å². The van der Waals surface area contributed by atoms with Gasteiger partial charge in [-0.15, -0.1) is 0 Å². The second-order valence-corrected chi connectivity index (χ2v) is 8.40. The van der Waals surface area contributed by atoms with Crippen LogP contribution in [0.4, 0.5) is 5.69 Å². The van der Waals surface area contributed by atoms with Crippen molar-refractivity contribution in [1.29, 1.82) is 0 Å². The summed E-state index contributed by atoms with van der Waals surface area (Å²) in [6, 6.07) is 16.8. The van der Waals surface area contributed by atoms with Crippen LogP contribution < -0.4 is 5.32 Å². The first-order chi connectivity index (χ1) is 14.0. The van der Waals surface area contributed by atoms with E-state index in [9.17, 15) is 9.59 Å². The maximum absolute atomic E-state index is 12.6. The van der Waals surface area contributed by atoms with E-state index in [0.717, 1.165) is 5.56 Å². The van der Waals surface area contributed by atoms with Gasteiger partial charge in [0.05, 0.1) is 4.91 Å². The first-order valence-corrected chi connectivity index (χ1v) is 10.7. The van der Waals surface area contributed by atoms with Crippen LogP contribution in [0.2, 0.25) is 5.02 Å². The highest BCUT2D eigenvalue weighted by Gasteiger charge is 2.31. The summed E-state index contributed by atoms with van der Waals surface area (Å²) in [5.41, 5.74) is 1.75. The number of halogens is 1. The minimum atomic E-state index is -0.115. The highest BCUT2D eigenvalue weighted by molar-refractivity contribution is 8.26. The Kier molecular flexibility index (Phi) is 7.63. The molecule has 4 nitrogen and oxygen atoms in total. The molecule has 2 aromatic rings. The molecule has 0 aliphatic carbocycles. The number of thiocarbonyl (C=S) groups is 1. The fraction of sp³-hybridized carbons (Fsp3) is 0.136. The number of amides is 2. The van der Waals surface area contributed by atoms with E-state index in [1.165, 1.54) is 11.8 Å². The van der Waals surface area contributed by atoms with Gasteiger partial charge in [0.25, 0.3) is 5.91 Å². The molecular weight excluding hydrogens is 424 g/mol. The summed E-state index contributed by atoms with van der Waals surface area (Å²) in [6.07, 6.45) is 6.39. The zero-order valence-corrected chi connectivity index (χ0v) is 17.9. The third kappa shape index (κ3) is 6.29. The first-order valence-electron chi connectivity index (χ1n) is 9.05. The molecule has 2 aromatic carbocycles. The number of thioether (sulfide) groups is 1. The molecule has 1 N–H and O–H groups in total. The van der Waals surface area contributed by atoms with Crippen molar-refractivity contribution in [2.75, 3.05) is 11.9 Å². The van der Waals surface area contributed by atoms with Crippen LogP contribution in [-0.4, -0.2) is 27.6 Å². The molecule has 0 spiro atoms. The minimum absolute atomic E-state index is 0.112. The number of nitrogens with one attached hydrogen (secondary N) is 1. The summed E-state index contributed by atoms with van der Waals surface area (Å²) in [5.74, 6) is -0.227. The molecule has 0 unspecified atom stereocenters. The molecular formula is C22H19ClN2O2S2. The van der Waals surface area contributed by atoms with E-state index in [0.29, 0.717) is 39.3 Å². The Bertz CT molecular complexity index is 957. The Morgan fingerprint density at radius 2 is 1.86 bits per heavy atom. The van der Waals surface area contributed by atoms with Crippen LogP contribution in [0.25, 0.3) is 6.08 Å². The van der Waals surface area contributed by atoms with E-state index >= 15 is 0 Å². The topological polar surface area (TPSA) is 49.4 Å². The predicted octanol–water partition coefficient (Wildman–Crippen LogP) is 5.52. The lowest BCUT2D eigenvalue weighted by Gasteiger charge is -2.14. The van der Waals surface area contributed by atoms with Gasteiger partial charge >= 0.3 is 0 Å². The maximum Gasteiger partial charge on any atom is 0.266 e. The predicted molar refractivity (Wildman–Crippen MR) is 125 cm³/mol. The van der Waals surface area contributed by atoms with Gasteiger partial charge in [0.2, 0.25) is 5.91 Å². The van der Waals surface area contributed by atoms with Crippen LogP contribution >= 0.6 is 35.6 Å². The number of hydrogen-bond donors (Lipinski definition) is 1. The Morgan fingerprint density at radius 1 is 1.14 bits per heavy atom. The third-order valence-electron chi connectivity index (χ3n) is 4.12. The molecule has 1 saturated heterocycles. The summed E-state index contributed by atoms with van der Waals surface area (Å²) in [7, 11) is 0. The van der Waals surface area contributed by atoms with Crippen molar-refractivity contribution in [3.05, 3.63) is 82.2 Å². The summed E-state index contributed by atoms with van der Waals surface area (Å²) in [6.45, 7) is 0.415. The maximum atomic E-state index is 12.6. The number of hydrogen-bond acceptors (Lipinski definition) is 4. The zero-order valence-electron chi connectivity index (χ0n) is 15.5. The monoisotopic (exact) mass is 442 g/mol. The normalized spacial score (nSPS) is 15.5. The Morgan fingerprint density at radius 3 is 2.59 bits per heavy atom. The van der Waals surface area contributed by atoms with E-state index in [1.807, 2.05) is 42.5 Å². The highest BCUT2D eigenvalue weighted by atomic mass is 35.5. The van der Waals surface area contributed by atoms with Crippen molar-refractivity contribution in [2.45, 2.75) is 12.8 Å². The number of benzene rings is 2. The molecule has 148 valence electrons. The first kappa shape index (κ1) is 21.3. The van der Waals surface area contributed by atoms with Crippen LogP contribution in [0.3, 0.4) is 0 Å². The Labute approximate surface area is 184 Å². The second kappa shape index (κ2) is 10.4. The summed E-state index contributed by atoms with van der Waals surface area (Å²) in [4.78, 5) is 26.8. The van der Waals surface area contributed by atoms with Gasteiger partial charge in [-0.2, -0.15) is 0 Å². The average Bonchev–Trinajstić information content (AvgIpc) is 2.98. The fourth-order valence-corrected chi connectivity index (χ4v) is 4.06. The fourth-order valence-electron chi connectivity index (χ4n) is 2.67. The molecule has 0 bridgehead atoms. The summed E-state index contributed by atoms with van der Waals surface area (Å²) < 4.78 is 0.521. The molecule has 2 amide bonds. The molecule has 3 rings (SSSR count). The zero-order chi connectivity index (χ0) is 20.6. The van der Waals surface area contributed by atoms with Crippen molar-refractivity contribution in [2.24, 2.45) is 0 Å². The number of rotatable bonds is 7. The molecule has 1 fully saturated rings. The van der Waals surface area contributed by atoms with Gasteiger partial charge in [-0.3, -0.25) is 14.5 Å². The lowest BCUT2D eigenvalue weighted by molar-refractivity contribution is -0.122. The lowest BCUT2D eigenvalue weighted by atomic mass is 10.2. The molecule has 1 aliphatic rings. The number of anilines is 1. The van der Waals surface area contributed by atoms with Crippen molar-refractivity contribution in [3.8, 4) is 0 Å². The summed E-state index contributed by atoms with van der Waals surface area (Å²) >= 11 is 12.4. The van der Waals surface area contributed by atoms with Crippen LogP contribution in [0.5, 0.6) is 0 Å². The smallest absolute Gasteiger partial charge is 0.266 e. The molecule has 0 aromatic heterocycles. The van der Waals surface area contributed by atoms with Crippen LogP contribution in [0.15, 0.2) is 71.7 Å². The van der Waals surface area contributed by atoms with Crippen molar-refractivity contribution in [3.63, 3.8) is 0 Å². The molecule has 7 heteroatoms. The van der Waals surface area contributed by atoms with Gasteiger partial charge in [-0.05, 0) is 42.3 Å². The van der Waals surface area contributed by atoms with Crippen molar-refractivity contribution in [1.82, 2.24) is 4.90 Å². The number of allylic oxidation sites excluding steroid dienone is 2. The highest BCUT2D eigenvalue weighted by Crippen LogP contribution is 2.31. The lowest BCUT2D eigenvalue weighted by Crippen LogP contribution is -2.29. The Balaban J connectivity index is 1.48. The molecule has 0 saturated carbocycles. The molecule has 0 radical (unpaired) electrons. The van der Waals surface area contributed by atoms with E-state index < -0.39 is 0 Å². The molecule has 1 heterocycles. The largest absolute Gasteiger partial charge is 0.326 e. The number of carbonyl (C=O) groups excluding carboxylic acids is 2. The van der Waals surface area contributed by atoms with Crippen LogP contribution in [0, 0.1) is 0 Å². The molecule has 1 aliphatic heterocycles. The summed E-state index contributed by atoms with van der Waals surface area (Å²) in [5, 5.41) is 3.42. The minimum Gasteiger partial charge on any atom is -0.326 e. The third-order valence-corrected chi connectivity index (χ3v) is 5.77. The van der Waals surface area contributed by atoms with Gasteiger partial charge in [0.1, 0.15) is 4.32 Å². The SMILES string of the molecule is O=C(CCCN1C(=O)/C(=C/C=C/c2ccccc2)SC1=S)Nc1ccc(Cl)cc1. The average molecular weight is 443 g/mol. The Hall–Kier alpha value is -2.41. The molecule has 0 atom stereocenters. The van der Waals surface area contributed by atoms with Gasteiger partial charge in [-0.25, -0.2) is 0 Å². The van der Waals surface area contributed by atoms with Crippen LogP contribution in [-0.2, 0) is 9.59 Å². The number of carbonyl (C=O) groups is 2. The molecule has 29 heavy (non-hydrogen) atoms. The van der Waals surface area contributed by atoms with E-state index in [2.05, 4.69) is 5.32 Å². The quantitative estimate of drug-likeness (QED) is 0.453. The van der Waals surface area contributed by atoms with Gasteiger partial charge in [0.15, 0.2) is 0 Å². The van der Waals surface area contributed by atoms with E-state index in [1.54, 1.807) is 35.2 Å². The van der Waals surface area contributed by atoms with Gasteiger partial charge in [0, 0.05) is 23.7 Å². The van der Waals surface area contributed by atoms with Crippen LogP contribution in [0.1, 0.15) is 18.4 Å². The van der Waals surface area contributed by atoms with Gasteiger partial charge < -0.3 is 5.32 Å². The van der Waals surface area contributed by atoms with Crippen molar-refractivity contribution >= 4 is 63.5 Å². The van der Waals surface area contributed by atoms with E-state index in [-0.39, 0.29) is 11.8 Å². The van der Waals surface area contributed by atoms with E-state index in [4.69, 9.17) is 23.8 Å². The second-order valence-electron chi connectivity index (χ2n) is 6.28. The number of nitrogens with zero attached hydrogens (tertiary/aromatic N) is 1.